The second kappa shape index (κ2) is 6.34. The lowest BCUT2D eigenvalue weighted by molar-refractivity contribution is -0.131. The van der Waals surface area contributed by atoms with Gasteiger partial charge in [-0.15, -0.1) is 0 Å². The van der Waals surface area contributed by atoms with Crippen LogP contribution in [-0.4, -0.2) is 30.9 Å². The Morgan fingerprint density at radius 3 is 3.06 bits per heavy atom. The van der Waals surface area contributed by atoms with E-state index in [1.807, 2.05) is 30.1 Å². The van der Waals surface area contributed by atoms with Gasteiger partial charge in [0.2, 0.25) is 5.91 Å². The van der Waals surface area contributed by atoms with Crippen molar-refractivity contribution >= 4 is 21.8 Å². The third-order valence-corrected chi connectivity index (χ3v) is 3.85. The van der Waals surface area contributed by atoms with Crippen molar-refractivity contribution in [2.45, 2.75) is 19.4 Å². The molecule has 1 saturated heterocycles. The van der Waals surface area contributed by atoms with Gasteiger partial charge < -0.3 is 10.2 Å². The molecule has 3 nitrogen and oxygen atoms in total. The highest BCUT2D eigenvalue weighted by molar-refractivity contribution is 9.10. The standard InChI is InChI=1S/C14H19BrN2O/c1-17(10-12-3-2-4-13(15)7-12)14(18)8-11-5-6-16-9-11/h2-4,7,11,16H,5-6,8-10H2,1H3. The smallest absolute Gasteiger partial charge is 0.222 e. The van der Waals surface area contributed by atoms with Gasteiger partial charge in [0.05, 0.1) is 0 Å². The highest BCUT2D eigenvalue weighted by atomic mass is 79.9. The van der Waals surface area contributed by atoms with Crippen LogP contribution < -0.4 is 5.32 Å². The first kappa shape index (κ1) is 13.6. The molecule has 1 amide bonds. The molecule has 1 fully saturated rings. The van der Waals surface area contributed by atoms with Crippen LogP contribution in [0.1, 0.15) is 18.4 Å². The molecular weight excluding hydrogens is 292 g/mol. The van der Waals surface area contributed by atoms with Gasteiger partial charge in [0.15, 0.2) is 0 Å². The number of amides is 1. The lowest BCUT2D eigenvalue weighted by Crippen LogP contribution is -2.28. The predicted molar refractivity (Wildman–Crippen MR) is 76.2 cm³/mol. The number of halogens is 1. The van der Waals surface area contributed by atoms with Gasteiger partial charge in [0.1, 0.15) is 0 Å². The predicted octanol–water partition coefficient (Wildman–Crippen LogP) is 2.41. The minimum Gasteiger partial charge on any atom is -0.341 e. The lowest BCUT2D eigenvalue weighted by atomic mass is 10.0. The van der Waals surface area contributed by atoms with E-state index in [1.54, 1.807) is 0 Å². The molecule has 1 atom stereocenters. The third kappa shape index (κ3) is 3.82. The Bertz CT molecular complexity index is 416. The summed E-state index contributed by atoms with van der Waals surface area (Å²) in [6.45, 7) is 2.71. The molecular formula is C14H19BrN2O. The molecule has 1 heterocycles. The number of rotatable bonds is 4. The molecule has 1 N–H and O–H groups in total. The van der Waals surface area contributed by atoms with Gasteiger partial charge in [-0.3, -0.25) is 4.79 Å². The molecule has 4 heteroatoms. The maximum absolute atomic E-state index is 12.1. The summed E-state index contributed by atoms with van der Waals surface area (Å²) in [5.41, 5.74) is 1.16. The molecule has 0 aliphatic carbocycles. The van der Waals surface area contributed by atoms with E-state index in [1.165, 1.54) is 0 Å². The number of carbonyl (C=O) groups is 1. The second-order valence-electron chi connectivity index (χ2n) is 4.94. The van der Waals surface area contributed by atoms with Crippen molar-refractivity contribution in [1.29, 1.82) is 0 Å². The molecule has 0 bridgehead atoms. The van der Waals surface area contributed by atoms with E-state index in [0.717, 1.165) is 29.5 Å². The fourth-order valence-corrected chi connectivity index (χ4v) is 2.74. The van der Waals surface area contributed by atoms with E-state index >= 15 is 0 Å². The highest BCUT2D eigenvalue weighted by Crippen LogP contribution is 2.16. The summed E-state index contributed by atoms with van der Waals surface area (Å²) in [6, 6.07) is 8.10. The first-order valence-corrected chi connectivity index (χ1v) is 7.13. The monoisotopic (exact) mass is 310 g/mol. The van der Waals surface area contributed by atoms with E-state index in [4.69, 9.17) is 0 Å². The zero-order chi connectivity index (χ0) is 13.0. The first-order valence-electron chi connectivity index (χ1n) is 6.34. The summed E-state index contributed by atoms with van der Waals surface area (Å²) in [5, 5.41) is 3.30. The van der Waals surface area contributed by atoms with Crippen molar-refractivity contribution in [1.82, 2.24) is 10.2 Å². The van der Waals surface area contributed by atoms with E-state index in [-0.39, 0.29) is 5.91 Å². The van der Waals surface area contributed by atoms with Crippen molar-refractivity contribution in [3.05, 3.63) is 34.3 Å². The fourth-order valence-electron chi connectivity index (χ4n) is 2.29. The van der Waals surface area contributed by atoms with Crippen LogP contribution in [0.4, 0.5) is 0 Å². The first-order chi connectivity index (χ1) is 8.65. The lowest BCUT2D eigenvalue weighted by Gasteiger charge is -2.19. The summed E-state index contributed by atoms with van der Waals surface area (Å²) < 4.78 is 1.06. The van der Waals surface area contributed by atoms with Crippen molar-refractivity contribution in [3.8, 4) is 0 Å². The van der Waals surface area contributed by atoms with Gasteiger partial charge >= 0.3 is 0 Å². The van der Waals surface area contributed by atoms with Crippen LogP contribution in [0.15, 0.2) is 28.7 Å². The molecule has 0 aromatic heterocycles. The van der Waals surface area contributed by atoms with Crippen LogP contribution in [-0.2, 0) is 11.3 Å². The van der Waals surface area contributed by atoms with E-state index in [0.29, 0.717) is 18.9 Å². The normalized spacial score (nSPS) is 18.9. The Labute approximate surface area is 117 Å². The Morgan fingerprint density at radius 1 is 1.56 bits per heavy atom. The van der Waals surface area contributed by atoms with Gasteiger partial charge in [0, 0.05) is 24.5 Å². The van der Waals surface area contributed by atoms with Crippen molar-refractivity contribution < 1.29 is 4.79 Å². The largest absolute Gasteiger partial charge is 0.341 e. The average molecular weight is 311 g/mol. The number of hydrogen-bond acceptors (Lipinski definition) is 2. The van der Waals surface area contributed by atoms with Gasteiger partial charge in [-0.1, -0.05) is 28.1 Å². The van der Waals surface area contributed by atoms with Crippen LogP contribution in [0.5, 0.6) is 0 Å². The highest BCUT2D eigenvalue weighted by Gasteiger charge is 2.20. The van der Waals surface area contributed by atoms with Gasteiger partial charge in [-0.05, 0) is 43.1 Å². The van der Waals surface area contributed by atoms with Crippen LogP contribution in [0.3, 0.4) is 0 Å². The molecule has 1 aliphatic rings. The minimum absolute atomic E-state index is 0.240. The Balaban J connectivity index is 1.86. The molecule has 2 rings (SSSR count). The topological polar surface area (TPSA) is 32.3 Å². The number of carbonyl (C=O) groups excluding carboxylic acids is 1. The average Bonchev–Trinajstić information content (AvgIpc) is 2.81. The molecule has 0 radical (unpaired) electrons. The van der Waals surface area contributed by atoms with Gasteiger partial charge in [-0.2, -0.15) is 0 Å². The molecule has 1 aromatic rings. The maximum atomic E-state index is 12.1. The van der Waals surface area contributed by atoms with Crippen molar-refractivity contribution in [3.63, 3.8) is 0 Å². The van der Waals surface area contributed by atoms with Crippen LogP contribution in [0.2, 0.25) is 0 Å². The third-order valence-electron chi connectivity index (χ3n) is 3.36. The minimum atomic E-state index is 0.240. The number of nitrogens with zero attached hydrogens (tertiary/aromatic N) is 1. The number of nitrogens with one attached hydrogen (secondary N) is 1. The van der Waals surface area contributed by atoms with Crippen molar-refractivity contribution in [2.24, 2.45) is 5.92 Å². The number of benzene rings is 1. The second-order valence-corrected chi connectivity index (χ2v) is 5.86. The van der Waals surface area contributed by atoms with Gasteiger partial charge in [-0.25, -0.2) is 0 Å². The SMILES string of the molecule is CN(Cc1cccc(Br)c1)C(=O)CC1CCNC1. The van der Waals surface area contributed by atoms with Crippen LogP contribution in [0, 0.1) is 5.92 Å². The summed E-state index contributed by atoms with van der Waals surface area (Å²) >= 11 is 3.45. The quantitative estimate of drug-likeness (QED) is 0.926. The Hall–Kier alpha value is -0.870. The van der Waals surface area contributed by atoms with Crippen LogP contribution >= 0.6 is 15.9 Å². The van der Waals surface area contributed by atoms with Crippen LogP contribution in [0.25, 0.3) is 0 Å². The zero-order valence-electron chi connectivity index (χ0n) is 10.7. The summed E-state index contributed by atoms with van der Waals surface area (Å²) in [4.78, 5) is 13.9. The number of hydrogen-bond donors (Lipinski definition) is 1. The molecule has 18 heavy (non-hydrogen) atoms. The van der Waals surface area contributed by atoms with E-state index in [9.17, 15) is 4.79 Å². The Kier molecular flexibility index (Phi) is 4.78. The molecule has 1 aliphatic heterocycles. The van der Waals surface area contributed by atoms with E-state index < -0.39 is 0 Å². The summed E-state index contributed by atoms with van der Waals surface area (Å²) in [5.74, 6) is 0.756. The molecule has 1 aromatic carbocycles. The fraction of sp³-hybridized carbons (Fsp3) is 0.500. The van der Waals surface area contributed by atoms with Crippen molar-refractivity contribution in [2.75, 3.05) is 20.1 Å². The zero-order valence-corrected chi connectivity index (χ0v) is 12.2. The Morgan fingerprint density at radius 2 is 2.39 bits per heavy atom. The van der Waals surface area contributed by atoms with Gasteiger partial charge in [0.25, 0.3) is 0 Å². The molecule has 0 saturated carbocycles. The summed E-state index contributed by atoms with van der Waals surface area (Å²) in [7, 11) is 1.88. The van der Waals surface area contributed by atoms with E-state index in [2.05, 4.69) is 27.3 Å². The molecule has 0 spiro atoms. The molecule has 98 valence electrons. The molecule has 1 unspecified atom stereocenters. The maximum Gasteiger partial charge on any atom is 0.222 e. The summed E-state index contributed by atoms with van der Waals surface area (Å²) in [6.07, 6.45) is 1.79.